The Labute approximate surface area is 67.3 Å². The molecule has 10 heavy (non-hydrogen) atoms. The lowest BCUT2D eigenvalue weighted by Crippen LogP contribution is -2.34. The Balaban J connectivity index is 3.30. The number of allylic oxidation sites excluding steroid dienone is 1. The minimum Gasteiger partial charge on any atom is -0.392 e. The van der Waals surface area contributed by atoms with Crippen molar-refractivity contribution < 1.29 is 0 Å². The Hall–Kier alpha value is -0.410. The lowest BCUT2D eigenvalue weighted by Gasteiger charge is -2.06. The summed E-state index contributed by atoms with van der Waals surface area (Å²) < 4.78 is 0. The van der Waals surface area contributed by atoms with Crippen LogP contribution in [0.25, 0.3) is 0 Å². The van der Waals surface area contributed by atoms with Crippen molar-refractivity contribution in [2.75, 3.05) is 0 Å². The molecule has 0 spiro atoms. The number of hydrogen-bond acceptors (Lipinski definition) is 2. The van der Waals surface area contributed by atoms with Crippen LogP contribution in [0.1, 0.15) is 19.3 Å². The molecule has 0 heterocycles. The maximum absolute atomic E-state index is 5.56. The van der Waals surface area contributed by atoms with Crippen LogP contribution in [-0.4, -0.2) is 11.0 Å². The van der Waals surface area contributed by atoms with Crippen LogP contribution >= 0.6 is 12.2 Å². The van der Waals surface area contributed by atoms with E-state index in [9.17, 15) is 0 Å². The molecule has 1 atom stereocenters. The zero-order valence-corrected chi connectivity index (χ0v) is 6.86. The molecule has 0 aliphatic heterocycles. The van der Waals surface area contributed by atoms with E-state index in [1.54, 1.807) is 0 Å². The number of unbranched alkanes of at least 4 members (excludes halogenated alkanes) is 1. The quantitative estimate of drug-likeness (QED) is 0.356. The summed E-state index contributed by atoms with van der Waals surface area (Å²) in [4.78, 5) is 0.407. The molecule has 0 bridgehead atoms. The molecule has 0 amide bonds. The maximum Gasteiger partial charge on any atom is 0.0897 e. The van der Waals surface area contributed by atoms with Gasteiger partial charge in [0, 0.05) is 0 Å². The van der Waals surface area contributed by atoms with Crippen molar-refractivity contribution in [3.63, 3.8) is 0 Å². The second kappa shape index (κ2) is 5.38. The molecule has 2 nitrogen and oxygen atoms in total. The third-order valence-electron chi connectivity index (χ3n) is 1.29. The molecule has 0 rings (SSSR count). The molecule has 0 aromatic carbocycles. The normalized spacial score (nSPS) is 12.5. The highest BCUT2D eigenvalue weighted by Crippen LogP contribution is 1.98. The van der Waals surface area contributed by atoms with Crippen LogP contribution in [-0.2, 0) is 0 Å². The van der Waals surface area contributed by atoms with Crippen molar-refractivity contribution in [1.29, 1.82) is 0 Å². The Morgan fingerprint density at radius 3 is 2.70 bits per heavy atom. The maximum atomic E-state index is 5.56. The average molecular weight is 158 g/mol. The lowest BCUT2D eigenvalue weighted by molar-refractivity contribution is 0.700. The Morgan fingerprint density at radius 1 is 1.70 bits per heavy atom. The van der Waals surface area contributed by atoms with Crippen molar-refractivity contribution in [1.82, 2.24) is 0 Å². The average Bonchev–Trinajstić information content (AvgIpc) is 1.88. The van der Waals surface area contributed by atoms with Crippen molar-refractivity contribution >= 4 is 17.2 Å². The third-order valence-corrected chi connectivity index (χ3v) is 1.59. The van der Waals surface area contributed by atoms with E-state index in [2.05, 4.69) is 6.58 Å². The van der Waals surface area contributed by atoms with Crippen molar-refractivity contribution in [3.05, 3.63) is 12.7 Å². The first-order valence-corrected chi connectivity index (χ1v) is 3.75. The predicted octanol–water partition coefficient (Wildman–Crippen LogP) is 0.956. The van der Waals surface area contributed by atoms with Crippen LogP contribution < -0.4 is 11.5 Å². The Morgan fingerprint density at radius 2 is 2.30 bits per heavy atom. The van der Waals surface area contributed by atoms with Crippen LogP contribution in [0, 0.1) is 0 Å². The molecule has 0 fully saturated rings. The number of hydrogen-bond donors (Lipinski definition) is 2. The van der Waals surface area contributed by atoms with Crippen molar-refractivity contribution in [3.8, 4) is 0 Å². The van der Waals surface area contributed by atoms with Gasteiger partial charge in [0.15, 0.2) is 0 Å². The van der Waals surface area contributed by atoms with Gasteiger partial charge in [-0.1, -0.05) is 18.3 Å². The Kier molecular flexibility index (Phi) is 5.16. The fourth-order valence-corrected chi connectivity index (χ4v) is 0.742. The minimum absolute atomic E-state index is 0.116. The second-order valence-electron chi connectivity index (χ2n) is 2.23. The van der Waals surface area contributed by atoms with E-state index in [0.29, 0.717) is 4.99 Å². The zero-order valence-electron chi connectivity index (χ0n) is 6.05. The number of nitrogens with two attached hydrogens (primary N) is 2. The summed E-state index contributed by atoms with van der Waals surface area (Å²) in [5.41, 5.74) is 10.9. The van der Waals surface area contributed by atoms with Gasteiger partial charge in [-0.25, -0.2) is 0 Å². The molecule has 1 unspecified atom stereocenters. The molecule has 0 radical (unpaired) electrons. The van der Waals surface area contributed by atoms with Crippen LogP contribution in [0.15, 0.2) is 12.7 Å². The van der Waals surface area contributed by atoms with Gasteiger partial charge in [0.2, 0.25) is 0 Å². The molecule has 58 valence electrons. The predicted molar refractivity (Wildman–Crippen MR) is 48.8 cm³/mol. The number of thiocarbonyl (C=S) groups is 1. The van der Waals surface area contributed by atoms with Gasteiger partial charge in [-0.3, -0.25) is 0 Å². The third kappa shape index (κ3) is 4.47. The van der Waals surface area contributed by atoms with Gasteiger partial charge in [-0.05, 0) is 19.3 Å². The Bertz CT molecular complexity index is 123. The summed E-state index contributed by atoms with van der Waals surface area (Å²) in [6, 6.07) is -0.116. The molecule has 4 N–H and O–H groups in total. The van der Waals surface area contributed by atoms with E-state index in [4.69, 9.17) is 23.7 Å². The van der Waals surface area contributed by atoms with Gasteiger partial charge in [0.05, 0.1) is 11.0 Å². The van der Waals surface area contributed by atoms with E-state index in [0.717, 1.165) is 19.3 Å². The van der Waals surface area contributed by atoms with E-state index >= 15 is 0 Å². The molecular formula is C7H14N2S. The van der Waals surface area contributed by atoms with Gasteiger partial charge >= 0.3 is 0 Å². The highest BCUT2D eigenvalue weighted by Gasteiger charge is 2.02. The highest BCUT2D eigenvalue weighted by atomic mass is 32.1. The van der Waals surface area contributed by atoms with Crippen molar-refractivity contribution in [2.45, 2.75) is 25.3 Å². The summed E-state index contributed by atoms with van der Waals surface area (Å²) in [5.74, 6) is 0. The van der Waals surface area contributed by atoms with Gasteiger partial charge < -0.3 is 11.5 Å². The lowest BCUT2D eigenvalue weighted by atomic mass is 10.1. The molecule has 0 aromatic rings. The fraction of sp³-hybridized carbons (Fsp3) is 0.571. The fourth-order valence-electron chi connectivity index (χ4n) is 0.624. The van der Waals surface area contributed by atoms with E-state index in [1.807, 2.05) is 6.08 Å². The molecule has 0 saturated heterocycles. The van der Waals surface area contributed by atoms with Crippen molar-refractivity contribution in [2.24, 2.45) is 11.5 Å². The SMILES string of the molecule is C=CCCCC(N)C(N)=S. The smallest absolute Gasteiger partial charge is 0.0897 e. The van der Waals surface area contributed by atoms with Crippen LogP contribution in [0.4, 0.5) is 0 Å². The topological polar surface area (TPSA) is 52.0 Å². The zero-order chi connectivity index (χ0) is 7.98. The first-order chi connectivity index (χ1) is 4.68. The summed E-state index contributed by atoms with van der Waals surface area (Å²) >= 11 is 4.69. The summed E-state index contributed by atoms with van der Waals surface area (Å²) in [5, 5.41) is 0. The molecule has 3 heteroatoms. The largest absolute Gasteiger partial charge is 0.392 e. The molecular weight excluding hydrogens is 144 g/mol. The highest BCUT2D eigenvalue weighted by molar-refractivity contribution is 7.80. The van der Waals surface area contributed by atoms with Crippen LogP contribution in [0.5, 0.6) is 0 Å². The first-order valence-electron chi connectivity index (χ1n) is 3.34. The van der Waals surface area contributed by atoms with Crippen LogP contribution in [0.3, 0.4) is 0 Å². The first kappa shape index (κ1) is 9.59. The standard InChI is InChI=1S/C7H14N2S/c1-2-3-4-5-6(8)7(9)10/h2,6H,1,3-5,8H2,(H2,9,10). The summed E-state index contributed by atoms with van der Waals surface area (Å²) in [7, 11) is 0. The monoisotopic (exact) mass is 158 g/mol. The molecule has 0 saturated carbocycles. The van der Waals surface area contributed by atoms with Gasteiger partial charge in [-0.2, -0.15) is 0 Å². The van der Waals surface area contributed by atoms with E-state index < -0.39 is 0 Å². The van der Waals surface area contributed by atoms with E-state index in [-0.39, 0.29) is 6.04 Å². The summed E-state index contributed by atoms with van der Waals surface area (Å²) in [6.07, 6.45) is 4.73. The van der Waals surface area contributed by atoms with Gasteiger partial charge in [0.1, 0.15) is 0 Å². The van der Waals surface area contributed by atoms with Crippen LogP contribution in [0.2, 0.25) is 0 Å². The second-order valence-corrected chi connectivity index (χ2v) is 2.70. The van der Waals surface area contributed by atoms with Gasteiger partial charge in [0.25, 0.3) is 0 Å². The molecule has 0 aliphatic carbocycles. The summed E-state index contributed by atoms with van der Waals surface area (Å²) in [6.45, 7) is 3.60. The molecule has 0 aromatic heterocycles. The minimum atomic E-state index is -0.116. The number of rotatable bonds is 5. The molecule has 0 aliphatic rings. The van der Waals surface area contributed by atoms with Gasteiger partial charge in [-0.15, -0.1) is 6.58 Å². The van der Waals surface area contributed by atoms with E-state index in [1.165, 1.54) is 0 Å².